The molecule has 0 amide bonds. The Hall–Kier alpha value is -1.64. The molecule has 2 aliphatic carbocycles. The standard InChI is InChI=1S/C14H15N3/c1-2-4-11(5-3-1)14(8-9-14)13-16-15-10-17(13)12-6-7-12/h1-5,10,12H,6-9H2. The molecule has 1 aromatic heterocycles. The molecule has 2 saturated carbocycles. The van der Waals surface area contributed by atoms with Gasteiger partial charge in [0.15, 0.2) is 0 Å². The van der Waals surface area contributed by atoms with E-state index in [-0.39, 0.29) is 5.41 Å². The Morgan fingerprint density at radius 3 is 2.53 bits per heavy atom. The molecule has 2 aliphatic rings. The van der Waals surface area contributed by atoms with Crippen LogP contribution in [0.25, 0.3) is 0 Å². The number of aromatic nitrogens is 3. The third-order valence-electron chi connectivity index (χ3n) is 4.02. The van der Waals surface area contributed by atoms with Gasteiger partial charge in [0.1, 0.15) is 12.2 Å². The van der Waals surface area contributed by atoms with Crippen LogP contribution < -0.4 is 0 Å². The highest BCUT2D eigenvalue weighted by atomic mass is 15.3. The van der Waals surface area contributed by atoms with Crippen LogP contribution in [0.1, 0.15) is 43.1 Å². The molecule has 1 aromatic carbocycles. The molecule has 17 heavy (non-hydrogen) atoms. The van der Waals surface area contributed by atoms with Crippen molar-refractivity contribution in [1.29, 1.82) is 0 Å². The molecule has 1 heterocycles. The Morgan fingerprint density at radius 2 is 1.88 bits per heavy atom. The van der Waals surface area contributed by atoms with Crippen molar-refractivity contribution in [3.05, 3.63) is 48.0 Å². The van der Waals surface area contributed by atoms with Crippen molar-refractivity contribution in [3.63, 3.8) is 0 Å². The van der Waals surface area contributed by atoms with Gasteiger partial charge in [-0.1, -0.05) is 30.3 Å². The predicted molar refractivity (Wildman–Crippen MR) is 64.7 cm³/mol. The summed E-state index contributed by atoms with van der Waals surface area (Å²) in [6.07, 6.45) is 6.91. The van der Waals surface area contributed by atoms with Gasteiger partial charge in [-0.2, -0.15) is 0 Å². The van der Waals surface area contributed by atoms with Crippen molar-refractivity contribution >= 4 is 0 Å². The first-order chi connectivity index (χ1) is 8.40. The summed E-state index contributed by atoms with van der Waals surface area (Å²) in [5, 5.41) is 8.53. The van der Waals surface area contributed by atoms with Gasteiger partial charge in [-0.05, 0) is 31.2 Å². The Morgan fingerprint density at radius 1 is 1.12 bits per heavy atom. The minimum absolute atomic E-state index is 0.167. The van der Waals surface area contributed by atoms with E-state index in [0.29, 0.717) is 6.04 Å². The minimum atomic E-state index is 0.167. The lowest BCUT2D eigenvalue weighted by Gasteiger charge is -2.16. The molecule has 0 aliphatic heterocycles. The van der Waals surface area contributed by atoms with E-state index in [9.17, 15) is 0 Å². The van der Waals surface area contributed by atoms with E-state index in [2.05, 4.69) is 45.1 Å². The number of nitrogens with zero attached hydrogens (tertiary/aromatic N) is 3. The summed E-state index contributed by atoms with van der Waals surface area (Å²) < 4.78 is 2.31. The minimum Gasteiger partial charge on any atom is -0.314 e. The first-order valence-electron chi connectivity index (χ1n) is 6.36. The first-order valence-corrected chi connectivity index (χ1v) is 6.36. The van der Waals surface area contributed by atoms with Crippen molar-refractivity contribution in [2.24, 2.45) is 0 Å². The van der Waals surface area contributed by atoms with Crippen LogP contribution in [0, 0.1) is 0 Å². The summed E-state index contributed by atoms with van der Waals surface area (Å²) in [4.78, 5) is 0. The zero-order valence-electron chi connectivity index (χ0n) is 9.71. The maximum absolute atomic E-state index is 4.40. The average Bonchev–Trinajstić information content (AvgIpc) is 3.31. The smallest absolute Gasteiger partial charge is 0.143 e. The van der Waals surface area contributed by atoms with Crippen LogP contribution in [-0.2, 0) is 5.41 Å². The van der Waals surface area contributed by atoms with Gasteiger partial charge in [-0.15, -0.1) is 10.2 Å². The van der Waals surface area contributed by atoms with Gasteiger partial charge in [0.2, 0.25) is 0 Å². The molecule has 3 heteroatoms. The van der Waals surface area contributed by atoms with Gasteiger partial charge in [-0.3, -0.25) is 0 Å². The first kappa shape index (κ1) is 9.40. The number of benzene rings is 1. The SMILES string of the molecule is c1ccc(C2(c3nncn3C3CC3)CC2)cc1. The molecule has 0 atom stereocenters. The molecule has 0 N–H and O–H groups in total. The highest BCUT2D eigenvalue weighted by molar-refractivity contribution is 5.39. The molecule has 2 fully saturated rings. The van der Waals surface area contributed by atoms with Crippen LogP contribution in [0.5, 0.6) is 0 Å². The zero-order chi connectivity index (χ0) is 11.3. The number of rotatable bonds is 3. The van der Waals surface area contributed by atoms with Crippen molar-refractivity contribution in [2.75, 3.05) is 0 Å². The van der Waals surface area contributed by atoms with E-state index in [0.717, 1.165) is 0 Å². The second-order valence-corrected chi connectivity index (χ2v) is 5.24. The number of hydrogen-bond donors (Lipinski definition) is 0. The lowest BCUT2D eigenvalue weighted by Crippen LogP contribution is -2.15. The summed E-state index contributed by atoms with van der Waals surface area (Å²) in [6, 6.07) is 11.4. The Kier molecular flexibility index (Phi) is 1.76. The maximum Gasteiger partial charge on any atom is 0.143 e. The molecular formula is C14H15N3. The van der Waals surface area contributed by atoms with E-state index in [1.54, 1.807) is 0 Å². The van der Waals surface area contributed by atoms with Gasteiger partial charge in [0, 0.05) is 6.04 Å². The van der Waals surface area contributed by atoms with Gasteiger partial charge < -0.3 is 4.57 Å². The predicted octanol–water partition coefficient (Wildman–Crippen LogP) is 2.69. The molecule has 0 unspecified atom stereocenters. The molecule has 86 valence electrons. The Labute approximate surface area is 100 Å². The monoisotopic (exact) mass is 225 g/mol. The second-order valence-electron chi connectivity index (χ2n) is 5.24. The average molecular weight is 225 g/mol. The van der Waals surface area contributed by atoms with Crippen LogP contribution in [0.15, 0.2) is 36.7 Å². The van der Waals surface area contributed by atoms with Crippen LogP contribution in [0.4, 0.5) is 0 Å². The van der Waals surface area contributed by atoms with E-state index in [4.69, 9.17) is 0 Å². The molecule has 3 nitrogen and oxygen atoms in total. The summed E-state index contributed by atoms with van der Waals surface area (Å²) >= 11 is 0. The van der Waals surface area contributed by atoms with Crippen molar-refractivity contribution in [3.8, 4) is 0 Å². The van der Waals surface area contributed by atoms with E-state index in [1.165, 1.54) is 37.1 Å². The largest absolute Gasteiger partial charge is 0.314 e. The van der Waals surface area contributed by atoms with Gasteiger partial charge >= 0.3 is 0 Å². The maximum atomic E-state index is 4.40. The van der Waals surface area contributed by atoms with Crippen LogP contribution in [0.3, 0.4) is 0 Å². The Balaban J connectivity index is 1.81. The van der Waals surface area contributed by atoms with Crippen molar-refractivity contribution in [1.82, 2.24) is 14.8 Å². The van der Waals surface area contributed by atoms with Gasteiger partial charge in [0.05, 0.1) is 5.41 Å². The lowest BCUT2D eigenvalue weighted by atomic mass is 9.95. The number of hydrogen-bond acceptors (Lipinski definition) is 2. The van der Waals surface area contributed by atoms with Crippen molar-refractivity contribution in [2.45, 2.75) is 37.1 Å². The highest BCUT2D eigenvalue weighted by Crippen LogP contribution is 2.54. The zero-order valence-corrected chi connectivity index (χ0v) is 9.71. The summed E-state index contributed by atoms with van der Waals surface area (Å²) in [5.74, 6) is 1.19. The van der Waals surface area contributed by atoms with E-state index in [1.807, 2.05) is 6.33 Å². The third-order valence-corrected chi connectivity index (χ3v) is 4.02. The van der Waals surface area contributed by atoms with Crippen LogP contribution >= 0.6 is 0 Å². The lowest BCUT2D eigenvalue weighted by molar-refractivity contribution is 0.628. The molecule has 2 aromatic rings. The van der Waals surface area contributed by atoms with E-state index < -0.39 is 0 Å². The molecule has 0 radical (unpaired) electrons. The molecule has 0 saturated heterocycles. The molecule has 4 rings (SSSR count). The fraction of sp³-hybridized carbons (Fsp3) is 0.429. The third kappa shape index (κ3) is 1.35. The molecule has 0 spiro atoms. The summed E-state index contributed by atoms with van der Waals surface area (Å²) in [5.41, 5.74) is 1.57. The summed E-state index contributed by atoms with van der Waals surface area (Å²) in [7, 11) is 0. The highest BCUT2D eigenvalue weighted by Gasteiger charge is 2.50. The quantitative estimate of drug-likeness (QED) is 0.804. The van der Waals surface area contributed by atoms with Crippen molar-refractivity contribution < 1.29 is 0 Å². The fourth-order valence-electron chi connectivity index (χ4n) is 2.73. The normalized spacial score (nSPS) is 21.4. The topological polar surface area (TPSA) is 30.7 Å². The second kappa shape index (κ2) is 3.19. The summed E-state index contributed by atoms with van der Waals surface area (Å²) in [6.45, 7) is 0. The Bertz CT molecular complexity index is 536. The molecule has 0 bridgehead atoms. The van der Waals surface area contributed by atoms with Crippen LogP contribution in [0.2, 0.25) is 0 Å². The van der Waals surface area contributed by atoms with Crippen LogP contribution in [-0.4, -0.2) is 14.8 Å². The van der Waals surface area contributed by atoms with Gasteiger partial charge in [-0.25, -0.2) is 0 Å². The fourth-order valence-corrected chi connectivity index (χ4v) is 2.73. The van der Waals surface area contributed by atoms with Gasteiger partial charge in [0.25, 0.3) is 0 Å². The molecular weight excluding hydrogens is 210 g/mol. The van der Waals surface area contributed by atoms with E-state index >= 15 is 0 Å².